The number of anilines is 1. The lowest BCUT2D eigenvalue weighted by Crippen LogP contribution is -2.44. The summed E-state index contributed by atoms with van der Waals surface area (Å²) in [5.74, 6) is -0.321. The molecule has 7 nitrogen and oxygen atoms in total. The number of thiazole rings is 1. The van der Waals surface area contributed by atoms with Crippen LogP contribution in [0.4, 0.5) is 5.13 Å². The van der Waals surface area contributed by atoms with Gasteiger partial charge in [0.05, 0.1) is 12.0 Å². The Balaban J connectivity index is 2.02. The molecule has 1 fully saturated rings. The van der Waals surface area contributed by atoms with Crippen molar-refractivity contribution in [2.75, 3.05) is 44.7 Å². The molecule has 9 heteroatoms. The van der Waals surface area contributed by atoms with Crippen molar-refractivity contribution in [1.82, 2.24) is 13.6 Å². The van der Waals surface area contributed by atoms with Crippen molar-refractivity contribution in [3.05, 3.63) is 11.6 Å². The zero-order valence-electron chi connectivity index (χ0n) is 12.8. The largest absolute Gasteiger partial charge is 0.347 e. The molecule has 2 rings (SSSR count). The first-order valence-corrected chi connectivity index (χ1v) is 9.48. The molecule has 22 heavy (non-hydrogen) atoms. The Bertz CT molecular complexity index is 611. The van der Waals surface area contributed by atoms with E-state index in [2.05, 4.69) is 16.0 Å². The van der Waals surface area contributed by atoms with E-state index in [1.54, 1.807) is 24.5 Å². The van der Waals surface area contributed by atoms with E-state index in [9.17, 15) is 8.42 Å². The Labute approximate surface area is 136 Å². The molecule has 0 amide bonds. The summed E-state index contributed by atoms with van der Waals surface area (Å²) in [6.07, 6.45) is 2.52. The summed E-state index contributed by atoms with van der Waals surface area (Å²) in [6, 6.07) is 2.07. The van der Waals surface area contributed by atoms with Gasteiger partial charge in [-0.2, -0.15) is 22.3 Å². The van der Waals surface area contributed by atoms with E-state index in [0.29, 0.717) is 19.6 Å². The van der Waals surface area contributed by atoms with Crippen LogP contribution in [-0.2, 0) is 10.2 Å². The zero-order chi connectivity index (χ0) is 16.2. The van der Waals surface area contributed by atoms with Crippen molar-refractivity contribution in [1.29, 1.82) is 5.26 Å². The van der Waals surface area contributed by atoms with E-state index in [0.717, 1.165) is 18.1 Å². The van der Waals surface area contributed by atoms with Crippen LogP contribution in [0, 0.1) is 17.2 Å². The average molecular weight is 343 g/mol. The van der Waals surface area contributed by atoms with Crippen LogP contribution in [-0.4, -0.2) is 61.8 Å². The van der Waals surface area contributed by atoms with Crippen molar-refractivity contribution < 1.29 is 8.42 Å². The second-order valence-corrected chi connectivity index (χ2v) is 8.28. The third-order valence-electron chi connectivity index (χ3n) is 3.62. The zero-order valence-corrected chi connectivity index (χ0v) is 14.5. The standard InChI is InChI=1S/C13H21N5O2S2/c1-12(10-14)11-16(2)22(19,20)18-6-3-5-17(7-8-18)13-15-4-9-21-13/h4,9,12H,3,5-8,11H2,1-2H3/t12-/m1/s1. The Kier molecular flexibility index (Phi) is 5.74. The predicted molar refractivity (Wildman–Crippen MR) is 86.8 cm³/mol. The van der Waals surface area contributed by atoms with Gasteiger partial charge in [0.2, 0.25) is 0 Å². The number of hydrogen-bond donors (Lipinski definition) is 0. The maximum atomic E-state index is 12.6. The second-order valence-electron chi connectivity index (χ2n) is 5.37. The van der Waals surface area contributed by atoms with E-state index in [4.69, 9.17) is 5.26 Å². The minimum absolute atomic E-state index is 0.214. The first-order chi connectivity index (χ1) is 10.4. The van der Waals surface area contributed by atoms with E-state index in [1.165, 1.54) is 15.7 Å². The molecule has 0 aliphatic carbocycles. The molecule has 1 aromatic heterocycles. The summed E-state index contributed by atoms with van der Waals surface area (Å²) >= 11 is 1.57. The molecule has 1 atom stereocenters. The van der Waals surface area contributed by atoms with Gasteiger partial charge < -0.3 is 4.90 Å². The summed E-state index contributed by atoms with van der Waals surface area (Å²) in [4.78, 5) is 6.41. The van der Waals surface area contributed by atoms with Gasteiger partial charge in [0.15, 0.2) is 5.13 Å². The van der Waals surface area contributed by atoms with Crippen molar-refractivity contribution in [3.63, 3.8) is 0 Å². The van der Waals surface area contributed by atoms with Gasteiger partial charge in [-0.05, 0) is 13.3 Å². The van der Waals surface area contributed by atoms with Gasteiger partial charge >= 0.3 is 0 Å². The number of nitrogens with zero attached hydrogens (tertiary/aromatic N) is 5. The van der Waals surface area contributed by atoms with Gasteiger partial charge in [-0.3, -0.25) is 0 Å². The van der Waals surface area contributed by atoms with E-state index in [1.807, 2.05) is 5.38 Å². The normalized spacial score (nSPS) is 18.9. The summed E-state index contributed by atoms with van der Waals surface area (Å²) in [6.45, 7) is 4.30. The number of nitriles is 1. The molecule has 1 aliphatic rings. The maximum Gasteiger partial charge on any atom is 0.281 e. The quantitative estimate of drug-likeness (QED) is 0.796. The molecule has 0 radical (unpaired) electrons. The third kappa shape index (κ3) is 3.95. The Morgan fingerprint density at radius 3 is 2.86 bits per heavy atom. The highest BCUT2D eigenvalue weighted by Gasteiger charge is 2.30. The minimum atomic E-state index is -3.51. The third-order valence-corrected chi connectivity index (χ3v) is 6.40. The van der Waals surface area contributed by atoms with E-state index < -0.39 is 10.2 Å². The van der Waals surface area contributed by atoms with Gasteiger partial charge in [0.1, 0.15) is 0 Å². The maximum absolute atomic E-state index is 12.6. The molecule has 0 aromatic carbocycles. The predicted octanol–water partition coefficient (Wildman–Crippen LogP) is 0.991. The summed E-state index contributed by atoms with van der Waals surface area (Å²) in [7, 11) is -1.98. The van der Waals surface area contributed by atoms with Crippen LogP contribution in [0.5, 0.6) is 0 Å². The fraction of sp³-hybridized carbons (Fsp3) is 0.692. The molecule has 1 aromatic rings. The Morgan fingerprint density at radius 2 is 2.23 bits per heavy atom. The van der Waals surface area contributed by atoms with Gasteiger partial charge in [0, 0.05) is 51.3 Å². The molecule has 0 saturated carbocycles. The van der Waals surface area contributed by atoms with Crippen LogP contribution < -0.4 is 4.90 Å². The highest BCUT2D eigenvalue weighted by atomic mass is 32.2. The molecule has 0 bridgehead atoms. The van der Waals surface area contributed by atoms with Crippen LogP contribution in [0.1, 0.15) is 13.3 Å². The molecule has 0 spiro atoms. The average Bonchev–Trinajstić information content (AvgIpc) is 2.91. The highest BCUT2D eigenvalue weighted by Crippen LogP contribution is 2.20. The van der Waals surface area contributed by atoms with Crippen LogP contribution in [0.25, 0.3) is 0 Å². The van der Waals surface area contributed by atoms with Crippen LogP contribution in [0.2, 0.25) is 0 Å². The molecule has 122 valence electrons. The monoisotopic (exact) mass is 343 g/mol. The highest BCUT2D eigenvalue weighted by molar-refractivity contribution is 7.86. The van der Waals surface area contributed by atoms with Gasteiger partial charge in [-0.1, -0.05) is 0 Å². The molecule has 1 aliphatic heterocycles. The molecule has 2 heterocycles. The number of aromatic nitrogens is 1. The minimum Gasteiger partial charge on any atom is -0.347 e. The smallest absolute Gasteiger partial charge is 0.281 e. The summed E-state index contributed by atoms with van der Waals surface area (Å²) in [5, 5.41) is 11.7. The summed E-state index contributed by atoms with van der Waals surface area (Å²) < 4.78 is 28.0. The fourth-order valence-electron chi connectivity index (χ4n) is 2.41. The second kappa shape index (κ2) is 7.37. The van der Waals surface area contributed by atoms with Crippen LogP contribution >= 0.6 is 11.3 Å². The van der Waals surface area contributed by atoms with E-state index >= 15 is 0 Å². The molecular formula is C13H21N5O2S2. The first-order valence-electron chi connectivity index (χ1n) is 7.20. The lowest BCUT2D eigenvalue weighted by atomic mass is 10.2. The number of rotatable bonds is 5. The molecule has 0 N–H and O–H groups in total. The number of hydrogen-bond acceptors (Lipinski definition) is 6. The molecular weight excluding hydrogens is 322 g/mol. The van der Waals surface area contributed by atoms with Crippen molar-refractivity contribution in [2.24, 2.45) is 5.92 Å². The molecule has 1 saturated heterocycles. The first kappa shape index (κ1) is 17.1. The topological polar surface area (TPSA) is 80.5 Å². The van der Waals surface area contributed by atoms with Crippen LogP contribution in [0.15, 0.2) is 11.6 Å². The van der Waals surface area contributed by atoms with Gasteiger partial charge in [0.25, 0.3) is 10.2 Å². The van der Waals surface area contributed by atoms with E-state index in [-0.39, 0.29) is 12.5 Å². The van der Waals surface area contributed by atoms with Gasteiger partial charge in [-0.25, -0.2) is 4.98 Å². The Morgan fingerprint density at radius 1 is 1.45 bits per heavy atom. The Hall–Kier alpha value is -1.21. The molecule has 0 unspecified atom stereocenters. The fourth-order valence-corrected chi connectivity index (χ4v) is 4.58. The van der Waals surface area contributed by atoms with Crippen LogP contribution in [0.3, 0.4) is 0 Å². The lowest BCUT2D eigenvalue weighted by Gasteiger charge is -2.27. The SMILES string of the molecule is C[C@H](C#N)CN(C)S(=O)(=O)N1CCCN(c2nccs2)CC1. The van der Waals surface area contributed by atoms with Gasteiger partial charge in [-0.15, -0.1) is 11.3 Å². The van der Waals surface area contributed by atoms with Crippen molar-refractivity contribution in [2.45, 2.75) is 13.3 Å². The van der Waals surface area contributed by atoms with Crippen molar-refractivity contribution >= 4 is 26.7 Å². The lowest BCUT2D eigenvalue weighted by molar-refractivity contribution is 0.360. The summed E-state index contributed by atoms with van der Waals surface area (Å²) in [5.41, 5.74) is 0. The van der Waals surface area contributed by atoms with Crippen molar-refractivity contribution in [3.8, 4) is 6.07 Å².